The van der Waals surface area contributed by atoms with E-state index in [1.165, 1.54) is 6.07 Å². The van der Waals surface area contributed by atoms with Gasteiger partial charge in [0.2, 0.25) is 0 Å². The number of halogens is 4. The van der Waals surface area contributed by atoms with E-state index >= 15 is 0 Å². The average molecular weight is 351 g/mol. The summed E-state index contributed by atoms with van der Waals surface area (Å²) in [5, 5.41) is 5.61. The van der Waals surface area contributed by atoms with Gasteiger partial charge in [0.1, 0.15) is 0 Å². The van der Waals surface area contributed by atoms with Gasteiger partial charge in [-0.1, -0.05) is 21.0 Å². The number of amides is 1. The van der Waals surface area contributed by atoms with Crippen molar-refractivity contribution in [3.8, 4) is 0 Å². The summed E-state index contributed by atoms with van der Waals surface area (Å²) in [6.07, 6.45) is -4.25. The first-order valence-electron chi connectivity index (χ1n) is 5.52. The minimum absolute atomic E-state index is 0.130. The molecule has 1 aromatic carbocycles. The highest BCUT2D eigenvalue weighted by Crippen LogP contribution is 2.33. The molecular weight excluding hydrogens is 341 g/mol. The zero-order valence-electron chi connectivity index (χ0n) is 10.1. The van der Waals surface area contributed by atoms with E-state index in [-0.39, 0.29) is 17.6 Å². The molecular formula is C11H10BrF3N4O. The zero-order valence-corrected chi connectivity index (χ0v) is 11.7. The molecule has 0 aliphatic rings. The van der Waals surface area contributed by atoms with Gasteiger partial charge in [-0.05, 0) is 30.2 Å². The molecule has 9 heteroatoms. The fourth-order valence-corrected chi connectivity index (χ4v) is 1.80. The summed E-state index contributed by atoms with van der Waals surface area (Å²) < 4.78 is 38.7. The van der Waals surface area contributed by atoms with Gasteiger partial charge < -0.3 is 5.32 Å². The Morgan fingerprint density at radius 3 is 2.75 bits per heavy atom. The first-order chi connectivity index (χ1) is 9.36. The van der Waals surface area contributed by atoms with Gasteiger partial charge in [-0.15, -0.1) is 0 Å². The van der Waals surface area contributed by atoms with Gasteiger partial charge in [0.15, 0.2) is 0 Å². The highest BCUT2D eigenvalue weighted by atomic mass is 79.9. The van der Waals surface area contributed by atoms with E-state index < -0.39 is 23.2 Å². The third-order valence-electron chi connectivity index (χ3n) is 2.32. The lowest BCUT2D eigenvalue weighted by Crippen LogP contribution is -2.27. The maximum Gasteiger partial charge on any atom is 0.417 e. The highest BCUT2D eigenvalue weighted by molar-refractivity contribution is 9.10. The fraction of sp³-hybridized carbons (Fsp3) is 0.364. The van der Waals surface area contributed by atoms with Crippen LogP contribution in [-0.4, -0.2) is 19.0 Å². The molecule has 0 unspecified atom stereocenters. The molecule has 0 fully saturated rings. The standard InChI is InChI=1S/C11H10BrF3N4O/c12-7-2-3-8(9(6-7)11(13,14)15)10(20)17-4-1-5-18-19-16/h2-3,6H,1,4-5H2,(H,17,20). The molecule has 0 aliphatic heterocycles. The number of carbonyl (C=O) groups is 1. The zero-order chi connectivity index (χ0) is 15.2. The van der Waals surface area contributed by atoms with Crippen molar-refractivity contribution in [2.24, 2.45) is 5.11 Å². The van der Waals surface area contributed by atoms with E-state index in [1.54, 1.807) is 0 Å². The Bertz CT molecular complexity index is 541. The van der Waals surface area contributed by atoms with Crippen molar-refractivity contribution in [1.82, 2.24) is 5.32 Å². The van der Waals surface area contributed by atoms with E-state index in [1.807, 2.05) is 0 Å². The minimum atomic E-state index is -4.61. The number of rotatable bonds is 5. The van der Waals surface area contributed by atoms with Crippen LogP contribution in [0.2, 0.25) is 0 Å². The van der Waals surface area contributed by atoms with Crippen LogP contribution in [-0.2, 0) is 6.18 Å². The molecule has 0 spiro atoms. The minimum Gasteiger partial charge on any atom is -0.352 e. The van der Waals surface area contributed by atoms with Crippen LogP contribution >= 0.6 is 15.9 Å². The van der Waals surface area contributed by atoms with E-state index in [2.05, 4.69) is 31.3 Å². The van der Waals surface area contributed by atoms with Crippen molar-refractivity contribution >= 4 is 21.8 Å². The van der Waals surface area contributed by atoms with E-state index in [4.69, 9.17) is 5.53 Å². The highest BCUT2D eigenvalue weighted by Gasteiger charge is 2.35. The van der Waals surface area contributed by atoms with Crippen molar-refractivity contribution in [2.75, 3.05) is 13.1 Å². The first kappa shape index (κ1) is 16.3. The SMILES string of the molecule is [N-]=[N+]=NCCCNC(=O)c1ccc(Br)cc1C(F)(F)F. The van der Waals surface area contributed by atoms with Crippen LogP contribution in [0.15, 0.2) is 27.8 Å². The average Bonchev–Trinajstić information content (AvgIpc) is 2.37. The van der Waals surface area contributed by atoms with Crippen LogP contribution in [0.4, 0.5) is 13.2 Å². The number of nitrogens with zero attached hydrogens (tertiary/aromatic N) is 3. The molecule has 1 rings (SSSR count). The Kier molecular flexibility index (Phi) is 5.84. The largest absolute Gasteiger partial charge is 0.417 e. The fourth-order valence-electron chi connectivity index (χ4n) is 1.44. The molecule has 0 aliphatic carbocycles. The predicted octanol–water partition coefficient (Wildman–Crippen LogP) is 3.90. The second kappa shape index (κ2) is 7.16. The molecule has 108 valence electrons. The quantitative estimate of drug-likeness (QED) is 0.371. The molecule has 0 saturated carbocycles. The van der Waals surface area contributed by atoms with Crippen LogP contribution in [0.3, 0.4) is 0 Å². The van der Waals surface area contributed by atoms with Crippen LogP contribution in [0.25, 0.3) is 10.4 Å². The van der Waals surface area contributed by atoms with Gasteiger partial charge in [-0.25, -0.2) is 0 Å². The summed E-state index contributed by atoms with van der Waals surface area (Å²) in [5.41, 5.74) is 6.61. The third-order valence-corrected chi connectivity index (χ3v) is 2.81. The monoisotopic (exact) mass is 350 g/mol. The molecule has 0 aromatic heterocycles. The number of nitrogens with one attached hydrogen (secondary N) is 1. The molecule has 0 saturated heterocycles. The lowest BCUT2D eigenvalue weighted by molar-refractivity contribution is -0.138. The smallest absolute Gasteiger partial charge is 0.352 e. The third kappa shape index (κ3) is 4.75. The molecule has 20 heavy (non-hydrogen) atoms. The van der Waals surface area contributed by atoms with Gasteiger partial charge in [-0.2, -0.15) is 13.2 Å². The molecule has 0 heterocycles. The van der Waals surface area contributed by atoms with Crippen LogP contribution in [0, 0.1) is 0 Å². The van der Waals surface area contributed by atoms with Crippen molar-refractivity contribution in [3.05, 3.63) is 44.2 Å². The topological polar surface area (TPSA) is 77.9 Å². The lowest BCUT2D eigenvalue weighted by Gasteiger charge is -2.13. The number of benzene rings is 1. The Labute approximate surface area is 120 Å². The van der Waals surface area contributed by atoms with Crippen molar-refractivity contribution in [3.63, 3.8) is 0 Å². The molecule has 1 aromatic rings. The maximum atomic E-state index is 12.8. The molecule has 0 atom stereocenters. The first-order valence-corrected chi connectivity index (χ1v) is 6.31. The maximum absolute atomic E-state index is 12.8. The normalized spacial score (nSPS) is 10.8. The lowest BCUT2D eigenvalue weighted by atomic mass is 10.1. The Morgan fingerprint density at radius 1 is 1.45 bits per heavy atom. The summed E-state index contributed by atoms with van der Waals surface area (Å²) in [7, 11) is 0. The van der Waals surface area contributed by atoms with E-state index in [0.717, 1.165) is 12.1 Å². The summed E-state index contributed by atoms with van der Waals surface area (Å²) >= 11 is 2.94. The summed E-state index contributed by atoms with van der Waals surface area (Å²) in [6.45, 7) is 0.300. The van der Waals surface area contributed by atoms with Crippen LogP contribution in [0.5, 0.6) is 0 Å². The number of carbonyl (C=O) groups excluding carboxylic acids is 1. The number of alkyl halides is 3. The predicted molar refractivity (Wildman–Crippen MR) is 70.1 cm³/mol. The Hall–Kier alpha value is -1.73. The van der Waals surface area contributed by atoms with Crippen LogP contribution < -0.4 is 5.32 Å². The molecule has 5 nitrogen and oxygen atoms in total. The second-order valence-corrected chi connectivity index (χ2v) is 4.67. The summed E-state index contributed by atoms with van der Waals surface area (Å²) in [5.74, 6) is -0.814. The Morgan fingerprint density at radius 2 is 2.15 bits per heavy atom. The summed E-state index contributed by atoms with van der Waals surface area (Å²) in [4.78, 5) is 14.3. The van der Waals surface area contributed by atoms with Gasteiger partial charge >= 0.3 is 6.18 Å². The van der Waals surface area contributed by atoms with Gasteiger partial charge in [0, 0.05) is 22.5 Å². The van der Waals surface area contributed by atoms with Gasteiger partial charge in [0.25, 0.3) is 5.91 Å². The molecule has 0 radical (unpaired) electrons. The van der Waals surface area contributed by atoms with Crippen LogP contribution in [0.1, 0.15) is 22.3 Å². The summed E-state index contributed by atoms with van der Waals surface area (Å²) in [6, 6.07) is 3.33. The Balaban J connectivity index is 2.80. The van der Waals surface area contributed by atoms with Gasteiger partial charge in [0.05, 0.1) is 11.1 Å². The molecule has 0 bridgehead atoms. The second-order valence-electron chi connectivity index (χ2n) is 3.75. The number of hydrogen-bond donors (Lipinski definition) is 1. The van der Waals surface area contributed by atoms with E-state index in [9.17, 15) is 18.0 Å². The van der Waals surface area contributed by atoms with E-state index in [0.29, 0.717) is 6.42 Å². The molecule has 1 N–H and O–H groups in total. The van der Waals surface area contributed by atoms with Crippen molar-refractivity contribution in [1.29, 1.82) is 0 Å². The number of hydrogen-bond acceptors (Lipinski definition) is 2. The molecule has 1 amide bonds. The number of azide groups is 1. The van der Waals surface area contributed by atoms with Crippen molar-refractivity contribution in [2.45, 2.75) is 12.6 Å². The van der Waals surface area contributed by atoms with Gasteiger partial charge in [-0.3, -0.25) is 4.79 Å². The van der Waals surface area contributed by atoms with Crippen molar-refractivity contribution < 1.29 is 18.0 Å².